The predicted octanol–water partition coefficient (Wildman–Crippen LogP) is 1.63. The van der Waals surface area contributed by atoms with E-state index in [1.165, 1.54) is 6.07 Å². The Bertz CT molecular complexity index is 714. The summed E-state index contributed by atoms with van der Waals surface area (Å²) in [5.74, 6) is -0.567. The van der Waals surface area contributed by atoms with E-state index < -0.39 is 19.0 Å². The van der Waals surface area contributed by atoms with Crippen LogP contribution in [-0.4, -0.2) is 48.2 Å². The Hall–Kier alpha value is -2.06. The highest BCUT2D eigenvalue weighted by molar-refractivity contribution is 6.47. The third-order valence-electron chi connectivity index (χ3n) is 5.68. The van der Waals surface area contributed by atoms with Gasteiger partial charge in [-0.3, -0.25) is 4.79 Å². The smallest absolute Gasteiger partial charge is 0.534 e. The van der Waals surface area contributed by atoms with E-state index in [0.29, 0.717) is 30.2 Å². The summed E-state index contributed by atoms with van der Waals surface area (Å²) in [6.45, 7) is 4.20. The lowest BCUT2D eigenvalue weighted by molar-refractivity contribution is -0.122. The number of benzene rings is 1. The molecule has 7 nitrogen and oxygen atoms in total. The molecule has 28 heavy (non-hydrogen) atoms. The third-order valence-corrected chi connectivity index (χ3v) is 5.68. The minimum absolute atomic E-state index is 0.0232. The van der Waals surface area contributed by atoms with Crippen LogP contribution in [-0.2, 0) is 11.2 Å². The molecule has 1 saturated carbocycles. The van der Waals surface area contributed by atoms with Crippen molar-refractivity contribution in [3.05, 3.63) is 29.3 Å². The normalized spacial score (nSPS) is 23.8. The number of carboxylic acids is 1. The van der Waals surface area contributed by atoms with Gasteiger partial charge >= 0.3 is 13.1 Å². The Kier molecular flexibility index (Phi) is 6.96. The van der Waals surface area contributed by atoms with Crippen LogP contribution in [0, 0.1) is 11.8 Å². The van der Waals surface area contributed by atoms with Crippen LogP contribution in [0.1, 0.15) is 54.9 Å². The van der Waals surface area contributed by atoms with Gasteiger partial charge in [0.25, 0.3) is 0 Å². The van der Waals surface area contributed by atoms with E-state index in [1.54, 1.807) is 12.1 Å². The maximum Gasteiger partial charge on any atom is 0.547 e. The maximum atomic E-state index is 12.5. The lowest BCUT2D eigenvalue weighted by Crippen LogP contribution is -2.53. The second-order valence-electron chi connectivity index (χ2n) is 7.94. The van der Waals surface area contributed by atoms with Crippen LogP contribution >= 0.6 is 0 Å². The van der Waals surface area contributed by atoms with E-state index >= 15 is 0 Å². The van der Waals surface area contributed by atoms with E-state index in [-0.39, 0.29) is 17.2 Å². The fraction of sp³-hybridized carbons (Fsp3) is 0.600. The molecule has 0 saturated heterocycles. The number of rotatable bonds is 8. The summed E-state index contributed by atoms with van der Waals surface area (Å²) in [4.78, 5) is 23.8. The van der Waals surface area contributed by atoms with Crippen molar-refractivity contribution in [3.63, 3.8) is 0 Å². The number of carboxylic acid groups (broad SMARTS) is 1. The minimum Gasteiger partial charge on any atom is -0.534 e. The van der Waals surface area contributed by atoms with E-state index in [2.05, 4.69) is 17.6 Å². The molecule has 0 spiro atoms. The highest BCUT2D eigenvalue weighted by Gasteiger charge is 2.38. The van der Waals surface area contributed by atoms with Crippen molar-refractivity contribution in [2.45, 2.75) is 51.4 Å². The second-order valence-corrected chi connectivity index (χ2v) is 7.94. The summed E-state index contributed by atoms with van der Waals surface area (Å²) in [7, 11) is -1.26. The van der Waals surface area contributed by atoms with Gasteiger partial charge in [-0.15, -0.1) is 0 Å². The largest absolute Gasteiger partial charge is 0.547 e. The Labute approximate surface area is 166 Å². The van der Waals surface area contributed by atoms with Gasteiger partial charge in [0.05, 0.1) is 11.5 Å². The lowest BCUT2D eigenvalue weighted by Gasteiger charge is -2.29. The Morgan fingerprint density at radius 1 is 1.29 bits per heavy atom. The van der Waals surface area contributed by atoms with Gasteiger partial charge in [0.15, 0.2) is 0 Å². The van der Waals surface area contributed by atoms with Crippen molar-refractivity contribution in [3.8, 4) is 5.75 Å². The molecule has 1 aliphatic heterocycles. The van der Waals surface area contributed by atoms with E-state index in [4.69, 9.17) is 4.65 Å². The monoisotopic (exact) mass is 388 g/mol. The molecule has 8 heteroatoms. The van der Waals surface area contributed by atoms with Crippen molar-refractivity contribution < 1.29 is 24.4 Å². The zero-order valence-electron chi connectivity index (χ0n) is 16.3. The average Bonchev–Trinajstić information content (AvgIpc) is 3.09. The van der Waals surface area contributed by atoms with Gasteiger partial charge in [0.1, 0.15) is 5.75 Å². The number of hydrogen-bond acceptors (Lipinski definition) is 5. The fourth-order valence-corrected chi connectivity index (χ4v) is 4.28. The number of fused-ring (bicyclic) bond motifs is 1. The zero-order chi connectivity index (χ0) is 20.1. The third kappa shape index (κ3) is 5.05. The van der Waals surface area contributed by atoms with E-state index in [1.807, 2.05) is 0 Å². The van der Waals surface area contributed by atoms with Crippen LogP contribution in [0.4, 0.5) is 0 Å². The first kappa shape index (κ1) is 20.7. The van der Waals surface area contributed by atoms with Crippen LogP contribution in [0.5, 0.6) is 5.75 Å². The standard InChI is InChI=1S/C20H29BN2O5/c1-2-8-22-12-14-7-6-13(9-14)10-18(24)23-17-11-15-4-3-5-16(20(25)26)19(15)28-21(17)27/h3-5,13-14,17,22,27H,2,6-12H2,1H3,(H,23,24)(H,25,26). The Morgan fingerprint density at radius 3 is 2.82 bits per heavy atom. The topological polar surface area (TPSA) is 108 Å². The zero-order valence-corrected chi connectivity index (χ0v) is 16.3. The summed E-state index contributed by atoms with van der Waals surface area (Å²) in [5, 5.41) is 25.8. The molecule has 1 aromatic carbocycles. The quantitative estimate of drug-likeness (QED) is 0.398. The van der Waals surface area contributed by atoms with Gasteiger partial charge in [-0.25, -0.2) is 4.79 Å². The SMILES string of the molecule is CCCNCC1CCC(CC(=O)NC2Cc3cccc(C(=O)O)c3OB2O)C1. The van der Waals surface area contributed by atoms with Crippen LogP contribution in [0.3, 0.4) is 0 Å². The first-order chi connectivity index (χ1) is 13.5. The molecule has 3 atom stereocenters. The first-order valence-corrected chi connectivity index (χ1v) is 10.2. The highest BCUT2D eigenvalue weighted by atomic mass is 16.5. The highest BCUT2D eigenvalue weighted by Crippen LogP contribution is 2.33. The molecule has 0 radical (unpaired) electrons. The maximum absolute atomic E-state index is 12.5. The minimum atomic E-state index is -1.26. The molecule has 1 fully saturated rings. The molecule has 152 valence electrons. The summed E-state index contributed by atoms with van der Waals surface area (Å²) in [6, 6.07) is 4.85. The predicted molar refractivity (Wildman–Crippen MR) is 106 cm³/mol. The summed E-state index contributed by atoms with van der Waals surface area (Å²) in [6.07, 6.45) is 5.18. The molecule has 1 aliphatic carbocycles. The Balaban J connectivity index is 1.51. The summed E-state index contributed by atoms with van der Waals surface area (Å²) < 4.78 is 5.43. The van der Waals surface area contributed by atoms with Crippen LogP contribution in [0.2, 0.25) is 0 Å². The van der Waals surface area contributed by atoms with Crippen LogP contribution in [0.15, 0.2) is 18.2 Å². The summed E-state index contributed by atoms with van der Waals surface area (Å²) >= 11 is 0. The van der Waals surface area contributed by atoms with Crippen molar-refractivity contribution in [1.82, 2.24) is 10.6 Å². The molecule has 2 aliphatic rings. The fourth-order valence-electron chi connectivity index (χ4n) is 4.28. The van der Waals surface area contributed by atoms with E-state index in [0.717, 1.165) is 38.8 Å². The number of carbonyl (C=O) groups is 2. The van der Waals surface area contributed by atoms with Crippen molar-refractivity contribution in [2.75, 3.05) is 13.1 Å². The number of para-hydroxylation sites is 1. The molecule has 3 unspecified atom stereocenters. The lowest BCUT2D eigenvalue weighted by atomic mass is 9.72. The van der Waals surface area contributed by atoms with Crippen LogP contribution in [0.25, 0.3) is 0 Å². The van der Waals surface area contributed by atoms with Gasteiger partial charge in [0, 0.05) is 6.42 Å². The molecule has 0 bridgehead atoms. The van der Waals surface area contributed by atoms with Gasteiger partial charge in [-0.2, -0.15) is 0 Å². The molecule has 4 N–H and O–H groups in total. The number of aromatic carboxylic acids is 1. The average molecular weight is 388 g/mol. The Morgan fingerprint density at radius 2 is 2.07 bits per heavy atom. The van der Waals surface area contributed by atoms with E-state index in [9.17, 15) is 19.7 Å². The van der Waals surface area contributed by atoms with Gasteiger partial charge < -0.3 is 25.4 Å². The first-order valence-electron chi connectivity index (χ1n) is 10.2. The molecule has 3 rings (SSSR count). The molecule has 1 amide bonds. The van der Waals surface area contributed by atoms with Crippen LogP contribution < -0.4 is 15.3 Å². The molecular formula is C20H29BN2O5. The molecular weight excluding hydrogens is 359 g/mol. The molecule has 1 aromatic rings. The van der Waals surface area contributed by atoms with Gasteiger partial charge in [0.2, 0.25) is 5.91 Å². The van der Waals surface area contributed by atoms with Crippen molar-refractivity contribution in [1.29, 1.82) is 0 Å². The van der Waals surface area contributed by atoms with Gasteiger partial charge in [-0.1, -0.05) is 19.1 Å². The molecule has 1 heterocycles. The van der Waals surface area contributed by atoms with Crippen molar-refractivity contribution >= 4 is 19.0 Å². The number of nitrogens with one attached hydrogen (secondary N) is 2. The second kappa shape index (κ2) is 9.43. The molecule has 0 aromatic heterocycles. The number of carbonyl (C=O) groups excluding carboxylic acids is 1. The van der Waals surface area contributed by atoms with Crippen molar-refractivity contribution in [2.24, 2.45) is 11.8 Å². The number of hydrogen-bond donors (Lipinski definition) is 4. The number of amides is 1. The van der Waals surface area contributed by atoms with Gasteiger partial charge in [-0.05, 0) is 68.7 Å². The summed E-state index contributed by atoms with van der Waals surface area (Å²) in [5.41, 5.74) is 0.702.